The van der Waals surface area contributed by atoms with Crippen LogP contribution in [-0.4, -0.2) is 8.42 Å². The van der Waals surface area contributed by atoms with Gasteiger partial charge in [-0.05, 0) is 59.3 Å². The van der Waals surface area contributed by atoms with E-state index in [-0.39, 0.29) is 9.92 Å². The van der Waals surface area contributed by atoms with Crippen molar-refractivity contribution in [1.29, 1.82) is 0 Å². The number of rotatable bonds is 3. The predicted molar refractivity (Wildman–Crippen MR) is 86.2 cm³/mol. The van der Waals surface area contributed by atoms with E-state index in [2.05, 4.69) is 27.3 Å². The fourth-order valence-electron chi connectivity index (χ4n) is 1.57. The molecule has 0 saturated carbocycles. The third kappa shape index (κ3) is 3.40. The third-order valence-corrected chi connectivity index (χ3v) is 5.28. The van der Waals surface area contributed by atoms with Gasteiger partial charge in [0.05, 0.1) is 10.7 Å². The maximum atomic E-state index is 12.3. The van der Waals surface area contributed by atoms with Crippen LogP contribution in [0.1, 0.15) is 5.56 Å². The average Bonchev–Trinajstić information content (AvgIpc) is 2.31. The summed E-state index contributed by atoms with van der Waals surface area (Å²) in [6.45, 7) is 1.86. The van der Waals surface area contributed by atoms with Gasteiger partial charge in [0.2, 0.25) is 0 Å². The Morgan fingerprint density at radius 3 is 2.47 bits per heavy atom. The van der Waals surface area contributed by atoms with Crippen LogP contribution in [0.5, 0.6) is 0 Å². The van der Waals surface area contributed by atoms with E-state index in [0.29, 0.717) is 5.69 Å². The zero-order valence-electron chi connectivity index (χ0n) is 10.0. The Balaban J connectivity index is 2.41. The van der Waals surface area contributed by atoms with Crippen LogP contribution < -0.4 is 4.72 Å². The lowest BCUT2D eigenvalue weighted by atomic mass is 10.2. The van der Waals surface area contributed by atoms with E-state index >= 15 is 0 Å². The molecule has 0 aliphatic rings. The molecule has 6 heteroatoms. The van der Waals surface area contributed by atoms with Gasteiger partial charge in [0.1, 0.15) is 4.90 Å². The van der Waals surface area contributed by atoms with Crippen molar-refractivity contribution in [1.82, 2.24) is 0 Å². The summed E-state index contributed by atoms with van der Waals surface area (Å²) in [5, 5.41) is 0.221. The van der Waals surface area contributed by atoms with E-state index in [4.69, 9.17) is 11.6 Å². The lowest BCUT2D eigenvalue weighted by molar-refractivity contribution is 0.601. The zero-order chi connectivity index (χ0) is 14.0. The monoisotopic (exact) mass is 407 g/mol. The SMILES string of the molecule is Cc1ccc(S(=O)(=O)Nc2ccccc2I)c(Cl)c1. The first-order valence-corrected chi connectivity index (χ1v) is 8.37. The first kappa shape index (κ1) is 14.6. The molecular weight excluding hydrogens is 397 g/mol. The van der Waals surface area contributed by atoms with Crippen molar-refractivity contribution >= 4 is 49.9 Å². The molecule has 3 nitrogen and oxygen atoms in total. The van der Waals surface area contributed by atoms with Crippen LogP contribution in [0.4, 0.5) is 5.69 Å². The molecule has 2 rings (SSSR count). The van der Waals surface area contributed by atoms with Crippen LogP contribution in [0.2, 0.25) is 5.02 Å². The van der Waals surface area contributed by atoms with Gasteiger partial charge in [-0.1, -0.05) is 29.8 Å². The molecule has 1 N–H and O–H groups in total. The minimum absolute atomic E-state index is 0.0828. The van der Waals surface area contributed by atoms with E-state index in [1.54, 1.807) is 24.3 Å². The Labute approximate surface area is 131 Å². The molecule has 0 heterocycles. The normalized spacial score (nSPS) is 11.3. The van der Waals surface area contributed by atoms with Crippen LogP contribution in [0, 0.1) is 10.5 Å². The first-order chi connectivity index (χ1) is 8.90. The number of para-hydroxylation sites is 1. The minimum atomic E-state index is -3.67. The van der Waals surface area contributed by atoms with Gasteiger partial charge in [-0.3, -0.25) is 4.72 Å². The van der Waals surface area contributed by atoms with E-state index in [9.17, 15) is 8.42 Å². The molecule has 0 amide bonds. The Hall–Kier alpha value is -0.790. The summed E-state index contributed by atoms with van der Waals surface area (Å²) < 4.78 is 27.9. The van der Waals surface area contributed by atoms with Crippen molar-refractivity contribution in [2.24, 2.45) is 0 Å². The van der Waals surface area contributed by atoms with Gasteiger partial charge in [-0.15, -0.1) is 0 Å². The number of aryl methyl sites for hydroxylation is 1. The molecule has 0 atom stereocenters. The Bertz CT molecular complexity index is 716. The number of hydrogen-bond acceptors (Lipinski definition) is 2. The van der Waals surface area contributed by atoms with Crippen molar-refractivity contribution in [3.05, 3.63) is 56.6 Å². The van der Waals surface area contributed by atoms with Crippen molar-refractivity contribution < 1.29 is 8.42 Å². The lowest BCUT2D eigenvalue weighted by Crippen LogP contribution is -2.14. The van der Waals surface area contributed by atoms with E-state index in [0.717, 1.165) is 9.13 Å². The zero-order valence-corrected chi connectivity index (χ0v) is 13.8. The molecule has 0 aromatic heterocycles. The highest BCUT2D eigenvalue weighted by Gasteiger charge is 2.18. The summed E-state index contributed by atoms with van der Waals surface area (Å²) in [5.74, 6) is 0. The van der Waals surface area contributed by atoms with Crippen molar-refractivity contribution in [3.8, 4) is 0 Å². The second kappa shape index (κ2) is 5.68. The van der Waals surface area contributed by atoms with Gasteiger partial charge >= 0.3 is 0 Å². The molecule has 0 aliphatic heterocycles. The van der Waals surface area contributed by atoms with Crippen molar-refractivity contribution in [3.63, 3.8) is 0 Å². The van der Waals surface area contributed by atoms with Gasteiger partial charge in [-0.25, -0.2) is 8.42 Å². The maximum absolute atomic E-state index is 12.3. The lowest BCUT2D eigenvalue weighted by Gasteiger charge is -2.11. The summed E-state index contributed by atoms with van der Waals surface area (Å²) in [5.41, 5.74) is 1.46. The van der Waals surface area contributed by atoms with Gasteiger partial charge in [0.25, 0.3) is 10.0 Å². The Morgan fingerprint density at radius 2 is 1.84 bits per heavy atom. The van der Waals surface area contributed by atoms with Crippen LogP contribution >= 0.6 is 34.2 Å². The van der Waals surface area contributed by atoms with E-state index < -0.39 is 10.0 Å². The number of halogens is 2. The number of nitrogens with one attached hydrogen (secondary N) is 1. The van der Waals surface area contributed by atoms with Gasteiger partial charge < -0.3 is 0 Å². The summed E-state index contributed by atoms with van der Waals surface area (Å²) in [6.07, 6.45) is 0. The highest BCUT2D eigenvalue weighted by Crippen LogP contribution is 2.26. The third-order valence-electron chi connectivity index (χ3n) is 2.50. The molecule has 0 spiro atoms. The fraction of sp³-hybridized carbons (Fsp3) is 0.0769. The number of hydrogen-bond donors (Lipinski definition) is 1. The Morgan fingerprint density at radius 1 is 1.16 bits per heavy atom. The second-order valence-electron chi connectivity index (χ2n) is 4.02. The van der Waals surface area contributed by atoms with Crippen LogP contribution in [0.25, 0.3) is 0 Å². The standard InChI is InChI=1S/C13H11ClINO2S/c1-9-6-7-13(10(14)8-9)19(17,18)16-12-5-3-2-4-11(12)15/h2-8,16H,1H3. The number of sulfonamides is 1. The maximum Gasteiger partial charge on any atom is 0.263 e. The van der Waals surface area contributed by atoms with E-state index in [1.807, 2.05) is 19.1 Å². The van der Waals surface area contributed by atoms with Crippen molar-refractivity contribution in [2.45, 2.75) is 11.8 Å². The topological polar surface area (TPSA) is 46.2 Å². The smallest absolute Gasteiger partial charge is 0.263 e. The first-order valence-electron chi connectivity index (χ1n) is 5.43. The molecule has 2 aromatic rings. The Kier molecular flexibility index (Phi) is 4.37. The van der Waals surface area contributed by atoms with E-state index in [1.165, 1.54) is 6.07 Å². The molecule has 0 unspecified atom stereocenters. The average molecular weight is 408 g/mol. The number of benzene rings is 2. The van der Waals surface area contributed by atoms with Gasteiger partial charge in [-0.2, -0.15) is 0 Å². The molecule has 0 radical (unpaired) electrons. The molecule has 100 valence electrons. The molecule has 0 bridgehead atoms. The number of anilines is 1. The molecular formula is C13H11ClINO2S. The van der Waals surface area contributed by atoms with Gasteiger partial charge in [0.15, 0.2) is 0 Å². The molecule has 19 heavy (non-hydrogen) atoms. The van der Waals surface area contributed by atoms with Crippen LogP contribution in [0.15, 0.2) is 47.4 Å². The largest absolute Gasteiger partial charge is 0.279 e. The summed E-state index contributed by atoms with van der Waals surface area (Å²) in [4.78, 5) is 0.0828. The molecule has 0 aliphatic carbocycles. The van der Waals surface area contributed by atoms with Crippen LogP contribution in [0.3, 0.4) is 0 Å². The second-order valence-corrected chi connectivity index (χ2v) is 7.24. The van der Waals surface area contributed by atoms with Crippen molar-refractivity contribution in [2.75, 3.05) is 4.72 Å². The van der Waals surface area contributed by atoms with Crippen LogP contribution in [-0.2, 0) is 10.0 Å². The fourth-order valence-corrected chi connectivity index (χ4v) is 3.95. The highest BCUT2D eigenvalue weighted by atomic mass is 127. The summed E-state index contributed by atoms with van der Waals surface area (Å²) in [6, 6.07) is 12.0. The highest BCUT2D eigenvalue weighted by molar-refractivity contribution is 14.1. The predicted octanol–water partition coefficient (Wildman–Crippen LogP) is 4.05. The molecule has 0 fully saturated rings. The minimum Gasteiger partial charge on any atom is -0.279 e. The van der Waals surface area contributed by atoms with Gasteiger partial charge in [0, 0.05) is 3.57 Å². The molecule has 0 saturated heterocycles. The molecule has 2 aromatic carbocycles. The summed E-state index contributed by atoms with van der Waals surface area (Å²) >= 11 is 8.07. The summed E-state index contributed by atoms with van der Waals surface area (Å²) in [7, 11) is -3.67. The quantitative estimate of drug-likeness (QED) is 0.780.